The van der Waals surface area contributed by atoms with Crippen molar-refractivity contribution in [2.45, 2.75) is 24.8 Å². The number of sulfonamides is 1. The summed E-state index contributed by atoms with van der Waals surface area (Å²) in [6, 6.07) is 5.55. The maximum atomic E-state index is 11.6. The van der Waals surface area contributed by atoms with Crippen LogP contribution < -0.4 is 4.72 Å². The maximum Gasteiger partial charge on any atom is 0.241 e. The number of hydrogen-bond donors (Lipinski definition) is 1. The molecule has 0 saturated heterocycles. The maximum absolute atomic E-state index is 11.6. The van der Waals surface area contributed by atoms with E-state index in [0.717, 1.165) is 5.56 Å². The van der Waals surface area contributed by atoms with Gasteiger partial charge in [-0.3, -0.25) is 4.79 Å². The molecule has 1 aromatic carbocycles. The molecule has 0 aromatic heterocycles. The minimum atomic E-state index is -3.60. The van der Waals surface area contributed by atoms with Crippen LogP contribution >= 0.6 is 0 Å². The van der Waals surface area contributed by atoms with Crippen LogP contribution in [0.25, 0.3) is 0 Å². The third kappa shape index (κ3) is 3.14. The van der Waals surface area contributed by atoms with Crippen LogP contribution in [0.3, 0.4) is 0 Å². The lowest BCUT2D eigenvalue weighted by atomic mass is 10.2. The molecule has 0 aliphatic rings. The highest BCUT2D eigenvalue weighted by Crippen LogP contribution is 2.09. The van der Waals surface area contributed by atoms with Crippen molar-refractivity contribution in [1.82, 2.24) is 4.72 Å². The molecular formula is C10H12NO3S. The quantitative estimate of drug-likeness (QED) is 0.824. The number of aryl methyl sites for hydroxylation is 1. The van der Waals surface area contributed by atoms with Gasteiger partial charge in [0.15, 0.2) is 0 Å². The highest BCUT2D eigenvalue weighted by atomic mass is 32.2. The molecular weight excluding hydrogens is 214 g/mol. The molecule has 0 heterocycles. The van der Waals surface area contributed by atoms with E-state index in [9.17, 15) is 13.2 Å². The first-order valence-corrected chi connectivity index (χ1v) is 5.90. The Bertz CT molecular complexity index is 436. The summed E-state index contributed by atoms with van der Waals surface area (Å²) in [6.07, 6.45) is 1.56. The molecule has 1 N–H and O–H groups in total. The largest absolute Gasteiger partial charge is 0.289 e. The minimum Gasteiger partial charge on any atom is -0.289 e. The molecule has 1 aromatic rings. The molecule has 0 spiro atoms. The predicted molar refractivity (Wildman–Crippen MR) is 56.7 cm³/mol. The fourth-order valence-electron chi connectivity index (χ4n) is 1.04. The first kappa shape index (κ1) is 11.9. The Morgan fingerprint density at radius 2 is 1.80 bits per heavy atom. The molecule has 0 aliphatic heterocycles. The summed E-state index contributed by atoms with van der Waals surface area (Å²) in [5.74, 6) is 0. The van der Waals surface area contributed by atoms with Crippen LogP contribution in [0.5, 0.6) is 0 Å². The monoisotopic (exact) mass is 226 g/mol. The lowest BCUT2D eigenvalue weighted by Crippen LogP contribution is -2.33. The summed E-state index contributed by atoms with van der Waals surface area (Å²) in [5, 5.41) is 0. The SMILES string of the molecule is Cc1ccc(S(=O)(=O)NC(C)[C]=O)cc1. The summed E-state index contributed by atoms with van der Waals surface area (Å²) < 4.78 is 25.4. The standard InChI is InChI=1S/C10H12NO3S/c1-8-3-5-10(6-4-8)15(13,14)11-9(2)7-12/h3-6,9,11H,1-2H3. The van der Waals surface area contributed by atoms with E-state index < -0.39 is 16.1 Å². The molecule has 0 saturated carbocycles. The van der Waals surface area contributed by atoms with Gasteiger partial charge in [-0.25, -0.2) is 13.1 Å². The molecule has 15 heavy (non-hydrogen) atoms. The molecule has 0 fully saturated rings. The molecule has 5 heteroatoms. The number of benzene rings is 1. The zero-order chi connectivity index (χ0) is 11.5. The molecule has 0 bridgehead atoms. The normalized spacial score (nSPS) is 13.5. The van der Waals surface area contributed by atoms with Crippen LogP contribution in [-0.2, 0) is 14.8 Å². The summed E-state index contributed by atoms with van der Waals surface area (Å²) in [7, 11) is -3.60. The first-order valence-electron chi connectivity index (χ1n) is 4.42. The average molecular weight is 226 g/mol. The molecule has 1 atom stereocenters. The molecule has 81 valence electrons. The average Bonchev–Trinajstić information content (AvgIpc) is 2.17. The Balaban J connectivity index is 2.96. The van der Waals surface area contributed by atoms with Crippen molar-refractivity contribution >= 4 is 16.3 Å². The van der Waals surface area contributed by atoms with Crippen LogP contribution in [-0.4, -0.2) is 20.7 Å². The van der Waals surface area contributed by atoms with Crippen molar-refractivity contribution in [1.29, 1.82) is 0 Å². The van der Waals surface area contributed by atoms with Crippen molar-refractivity contribution in [3.05, 3.63) is 29.8 Å². The Labute approximate surface area is 89.4 Å². The lowest BCUT2D eigenvalue weighted by Gasteiger charge is -2.07. The first-order chi connectivity index (χ1) is 6.95. The third-order valence-corrected chi connectivity index (χ3v) is 3.40. The van der Waals surface area contributed by atoms with E-state index in [-0.39, 0.29) is 4.90 Å². The Morgan fingerprint density at radius 3 is 2.27 bits per heavy atom. The smallest absolute Gasteiger partial charge is 0.241 e. The fraction of sp³-hybridized carbons (Fsp3) is 0.300. The third-order valence-electron chi connectivity index (χ3n) is 1.84. The zero-order valence-corrected chi connectivity index (χ0v) is 9.34. The molecule has 0 aliphatic carbocycles. The molecule has 1 radical (unpaired) electrons. The topological polar surface area (TPSA) is 63.2 Å². The van der Waals surface area contributed by atoms with Gasteiger partial charge in [-0.2, -0.15) is 0 Å². The van der Waals surface area contributed by atoms with E-state index in [1.807, 2.05) is 6.92 Å². The van der Waals surface area contributed by atoms with Gasteiger partial charge >= 0.3 is 0 Å². The Morgan fingerprint density at radius 1 is 1.27 bits per heavy atom. The van der Waals surface area contributed by atoms with Crippen molar-refractivity contribution in [3.8, 4) is 0 Å². The van der Waals surface area contributed by atoms with Gasteiger partial charge in [-0.05, 0) is 26.0 Å². The fourth-order valence-corrected chi connectivity index (χ4v) is 2.19. The van der Waals surface area contributed by atoms with Crippen LogP contribution in [0.2, 0.25) is 0 Å². The van der Waals surface area contributed by atoms with Gasteiger partial charge in [0.25, 0.3) is 0 Å². The Kier molecular flexibility index (Phi) is 3.60. The van der Waals surface area contributed by atoms with Crippen molar-refractivity contribution in [2.75, 3.05) is 0 Å². The van der Waals surface area contributed by atoms with Crippen molar-refractivity contribution in [2.24, 2.45) is 0 Å². The minimum absolute atomic E-state index is 0.148. The molecule has 0 amide bonds. The van der Waals surface area contributed by atoms with E-state index in [4.69, 9.17) is 0 Å². The zero-order valence-electron chi connectivity index (χ0n) is 8.52. The molecule has 1 rings (SSSR count). The van der Waals surface area contributed by atoms with E-state index >= 15 is 0 Å². The number of hydrogen-bond acceptors (Lipinski definition) is 3. The molecule has 4 nitrogen and oxygen atoms in total. The summed E-state index contributed by atoms with van der Waals surface area (Å²) in [6.45, 7) is 3.30. The van der Waals surface area contributed by atoms with Gasteiger partial charge in [-0.15, -0.1) is 0 Å². The second kappa shape index (κ2) is 4.55. The second-order valence-electron chi connectivity index (χ2n) is 3.27. The Hall–Kier alpha value is -1.20. The van der Waals surface area contributed by atoms with Gasteiger partial charge in [0.2, 0.25) is 16.3 Å². The van der Waals surface area contributed by atoms with Gasteiger partial charge in [-0.1, -0.05) is 17.7 Å². The van der Waals surface area contributed by atoms with Crippen LogP contribution in [0.4, 0.5) is 0 Å². The van der Waals surface area contributed by atoms with Crippen LogP contribution in [0.1, 0.15) is 12.5 Å². The molecule has 1 unspecified atom stereocenters. The van der Waals surface area contributed by atoms with Gasteiger partial charge < -0.3 is 0 Å². The lowest BCUT2D eigenvalue weighted by molar-refractivity contribution is 0.533. The summed E-state index contributed by atoms with van der Waals surface area (Å²) in [5.41, 5.74) is 0.976. The van der Waals surface area contributed by atoms with Crippen molar-refractivity contribution < 1.29 is 13.2 Å². The van der Waals surface area contributed by atoms with E-state index in [0.29, 0.717) is 0 Å². The summed E-state index contributed by atoms with van der Waals surface area (Å²) >= 11 is 0. The number of rotatable bonds is 4. The number of carbonyl (C=O) groups excluding carboxylic acids is 1. The number of nitrogens with one attached hydrogen (secondary N) is 1. The highest BCUT2D eigenvalue weighted by molar-refractivity contribution is 7.89. The van der Waals surface area contributed by atoms with Crippen molar-refractivity contribution in [3.63, 3.8) is 0 Å². The van der Waals surface area contributed by atoms with Gasteiger partial charge in [0, 0.05) is 0 Å². The van der Waals surface area contributed by atoms with E-state index in [1.165, 1.54) is 19.1 Å². The predicted octanol–water partition coefficient (Wildman–Crippen LogP) is 0.772. The van der Waals surface area contributed by atoms with Crippen LogP contribution in [0.15, 0.2) is 29.2 Å². The highest BCUT2D eigenvalue weighted by Gasteiger charge is 2.16. The van der Waals surface area contributed by atoms with Gasteiger partial charge in [0.1, 0.15) is 0 Å². The second-order valence-corrected chi connectivity index (χ2v) is 4.99. The van der Waals surface area contributed by atoms with Crippen LogP contribution in [0, 0.1) is 6.92 Å². The van der Waals surface area contributed by atoms with Gasteiger partial charge in [0.05, 0.1) is 10.9 Å². The van der Waals surface area contributed by atoms with E-state index in [2.05, 4.69) is 4.72 Å². The summed E-state index contributed by atoms with van der Waals surface area (Å²) in [4.78, 5) is 10.4. The van der Waals surface area contributed by atoms with E-state index in [1.54, 1.807) is 18.4 Å².